The zero-order chi connectivity index (χ0) is 7.84. The van der Waals surface area contributed by atoms with Gasteiger partial charge in [0, 0.05) is 0 Å². The van der Waals surface area contributed by atoms with Crippen LogP contribution >= 0.6 is 23.2 Å². The van der Waals surface area contributed by atoms with Crippen LogP contribution in [0.1, 0.15) is 0 Å². The van der Waals surface area contributed by atoms with E-state index in [1.165, 1.54) is 0 Å². The molecule has 11 heavy (non-hydrogen) atoms. The average Bonchev–Trinajstić information content (AvgIpc) is 2.27. The van der Waals surface area contributed by atoms with E-state index in [-0.39, 0.29) is 5.35 Å². The Morgan fingerprint density at radius 1 is 1.18 bits per heavy atom. The van der Waals surface area contributed by atoms with Gasteiger partial charge in [-0.2, -0.15) is 9.97 Å². The molecule has 5 heteroatoms. The SMILES string of the molecule is Clc1ccc2nc(Cl)oc2n1. The van der Waals surface area contributed by atoms with Gasteiger partial charge >= 0.3 is 0 Å². The molecule has 0 fully saturated rings. The van der Waals surface area contributed by atoms with Crippen LogP contribution in [0.2, 0.25) is 10.5 Å². The van der Waals surface area contributed by atoms with Gasteiger partial charge in [0.2, 0.25) is 5.71 Å². The molecule has 2 aromatic rings. The quantitative estimate of drug-likeness (QED) is 0.597. The van der Waals surface area contributed by atoms with E-state index in [1.54, 1.807) is 12.1 Å². The molecule has 0 aliphatic carbocycles. The molecule has 0 amide bonds. The van der Waals surface area contributed by atoms with Crippen LogP contribution in [-0.2, 0) is 0 Å². The molecule has 0 N–H and O–H groups in total. The lowest BCUT2D eigenvalue weighted by Crippen LogP contribution is -1.73. The third kappa shape index (κ3) is 1.17. The fraction of sp³-hybridized carbons (Fsp3) is 0. The largest absolute Gasteiger partial charge is 0.408 e. The van der Waals surface area contributed by atoms with E-state index in [0.717, 1.165) is 0 Å². The molecule has 0 atom stereocenters. The Labute approximate surface area is 72.0 Å². The second kappa shape index (κ2) is 2.36. The summed E-state index contributed by atoms with van der Waals surface area (Å²) < 4.78 is 4.91. The summed E-state index contributed by atoms with van der Waals surface area (Å²) in [6.07, 6.45) is 0. The molecule has 3 nitrogen and oxygen atoms in total. The summed E-state index contributed by atoms with van der Waals surface area (Å²) in [6.45, 7) is 0. The molecule has 2 aromatic heterocycles. The average molecular weight is 189 g/mol. The summed E-state index contributed by atoms with van der Waals surface area (Å²) in [6, 6.07) is 3.32. The molecule has 2 rings (SSSR count). The van der Waals surface area contributed by atoms with Crippen LogP contribution in [0.15, 0.2) is 16.5 Å². The molecule has 0 aliphatic rings. The van der Waals surface area contributed by atoms with E-state index in [1.807, 2.05) is 0 Å². The van der Waals surface area contributed by atoms with Crippen LogP contribution < -0.4 is 0 Å². The number of pyridine rings is 1. The van der Waals surface area contributed by atoms with Crippen LogP contribution in [0.4, 0.5) is 0 Å². The molecule has 0 aliphatic heterocycles. The van der Waals surface area contributed by atoms with Crippen molar-refractivity contribution < 1.29 is 4.42 Å². The Hall–Kier alpha value is -0.800. The van der Waals surface area contributed by atoms with E-state index >= 15 is 0 Å². The van der Waals surface area contributed by atoms with Gasteiger partial charge in [0.05, 0.1) is 0 Å². The van der Waals surface area contributed by atoms with Gasteiger partial charge in [-0.1, -0.05) is 11.6 Å². The van der Waals surface area contributed by atoms with Crippen LogP contribution in [0.3, 0.4) is 0 Å². The minimum atomic E-state index is 0.0785. The molecular weight excluding hydrogens is 187 g/mol. The highest BCUT2D eigenvalue weighted by molar-refractivity contribution is 6.30. The summed E-state index contributed by atoms with van der Waals surface area (Å²) in [5.41, 5.74) is 0.974. The van der Waals surface area contributed by atoms with Crippen molar-refractivity contribution in [1.29, 1.82) is 0 Å². The minimum absolute atomic E-state index is 0.0785. The van der Waals surface area contributed by atoms with Crippen molar-refractivity contribution >= 4 is 34.4 Å². The highest BCUT2D eigenvalue weighted by atomic mass is 35.5. The van der Waals surface area contributed by atoms with Crippen molar-refractivity contribution in [2.75, 3.05) is 0 Å². The van der Waals surface area contributed by atoms with Gasteiger partial charge in [-0.15, -0.1) is 0 Å². The Kier molecular flexibility index (Phi) is 1.47. The second-order valence-electron chi connectivity index (χ2n) is 1.93. The standard InChI is InChI=1S/C6H2Cl2N2O/c7-4-2-1-3-5(10-4)11-6(8)9-3/h1-2H. The molecule has 56 valence electrons. The molecule has 0 bridgehead atoms. The minimum Gasteiger partial charge on any atom is -0.408 e. The maximum atomic E-state index is 5.59. The lowest BCUT2D eigenvalue weighted by atomic mass is 10.4. The van der Waals surface area contributed by atoms with Crippen molar-refractivity contribution in [2.24, 2.45) is 0 Å². The van der Waals surface area contributed by atoms with Crippen molar-refractivity contribution in [3.05, 3.63) is 22.6 Å². The van der Waals surface area contributed by atoms with Crippen molar-refractivity contribution in [1.82, 2.24) is 9.97 Å². The van der Waals surface area contributed by atoms with Gasteiger partial charge in [0.1, 0.15) is 10.7 Å². The van der Waals surface area contributed by atoms with Gasteiger partial charge in [-0.05, 0) is 23.7 Å². The number of oxazole rings is 1. The number of hydrogen-bond acceptors (Lipinski definition) is 3. The van der Waals surface area contributed by atoms with E-state index in [0.29, 0.717) is 16.4 Å². The maximum absolute atomic E-state index is 5.59. The lowest BCUT2D eigenvalue weighted by molar-refractivity contribution is 0.593. The third-order valence-electron chi connectivity index (χ3n) is 1.20. The van der Waals surface area contributed by atoms with Gasteiger partial charge in [0.25, 0.3) is 5.35 Å². The number of aromatic nitrogens is 2. The van der Waals surface area contributed by atoms with E-state index in [4.69, 9.17) is 27.6 Å². The number of nitrogens with zero attached hydrogens (tertiary/aromatic N) is 2. The number of fused-ring (bicyclic) bond motifs is 1. The molecule has 0 saturated carbocycles. The topological polar surface area (TPSA) is 38.9 Å². The van der Waals surface area contributed by atoms with E-state index < -0.39 is 0 Å². The van der Waals surface area contributed by atoms with E-state index in [2.05, 4.69) is 9.97 Å². The first-order valence-corrected chi connectivity index (χ1v) is 3.60. The van der Waals surface area contributed by atoms with Crippen LogP contribution in [-0.4, -0.2) is 9.97 Å². The fourth-order valence-electron chi connectivity index (χ4n) is 0.768. The van der Waals surface area contributed by atoms with Gasteiger partial charge in [-0.25, -0.2) is 0 Å². The predicted molar refractivity (Wildman–Crippen MR) is 41.8 cm³/mol. The van der Waals surface area contributed by atoms with Gasteiger partial charge < -0.3 is 4.42 Å². The number of hydrogen-bond donors (Lipinski definition) is 0. The normalized spacial score (nSPS) is 10.7. The first kappa shape index (κ1) is 6.88. The van der Waals surface area contributed by atoms with Gasteiger partial charge in [-0.3, -0.25) is 0 Å². The second-order valence-corrected chi connectivity index (χ2v) is 2.64. The van der Waals surface area contributed by atoms with Crippen molar-refractivity contribution in [3.8, 4) is 0 Å². The molecule has 0 radical (unpaired) electrons. The zero-order valence-corrected chi connectivity index (χ0v) is 6.73. The number of halogens is 2. The van der Waals surface area contributed by atoms with E-state index in [9.17, 15) is 0 Å². The summed E-state index contributed by atoms with van der Waals surface area (Å²) >= 11 is 11.1. The summed E-state index contributed by atoms with van der Waals surface area (Å²) in [4.78, 5) is 7.68. The van der Waals surface area contributed by atoms with Crippen LogP contribution in [0.5, 0.6) is 0 Å². The van der Waals surface area contributed by atoms with Crippen molar-refractivity contribution in [2.45, 2.75) is 0 Å². The number of rotatable bonds is 0. The molecule has 2 heterocycles. The Bertz CT molecular complexity index is 398. The highest BCUT2D eigenvalue weighted by Crippen LogP contribution is 2.18. The van der Waals surface area contributed by atoms with Crippen molar-refractivity contribution in [3.63, 3.8) is 0 Å². The smallest absolute Gasteiger partial charge is 0.294 e. The lowest BCUT2D eigenvalue weighted by Gasteiger charge is -1.84. The highest BCUT2D eigenvalue weighted by Gasteiger charge is 2.03. The van der Waals surface area contributed by atoms with Crippen LogP contribution in [0, 0.1) is 0 Å². The van der Waals surface area contributed by atoms with Crippen LogP contribution in [0.25, 0.3) is 11.2 Å². The molecule has 0 unspecified atom stereocenters. The third-order valence-corrected chi connectivity index (χ3v) is 1.57. The summed E-state index contributed by atoms with van der Waals surface area (Å²) in [5.74, 6) is 0. The Balaban J connectivity index is 2.82. The molecule has 0 spiro atoms. The first-order chi connectivity index (χ1) is 5.25. The zero-order valence-electron chi connectivity index (χ0n) is 5.21. The maximum Gasteiger partial charge on any atom is 0.294 e. The Morgan fingerprint density at radius 3 is 2.82 bits per heavy atom. The first-order valence-electron chi connectivity index (χ1n) is 2.84. The molecule has 0 aromatic carbocycles. The summed E-state index contributed by atoms with van der Waals surface area (Å²) in [7, 11) is 0. The predicted octanol–water partition coefficient (Wildman–Crippen LogP) is 2.53. The Morgan fingerprint density at radius 2 is 2.00 bits per heavy atom. The fourth-order valence-corrected chi connectivity index (χ4v) is 1.07. The molecule has 0 saturated heterocycles. The van der Waals surface area contributed by atoms with Gasteiger partial charge in [0.15, 0.2) is 0 Å². The monoisotopic (exact) mass is 188 g/mol. The molecular formula is C6H2Cl2N2O. The summed E-state index contributed by atoms with van der Waals surface area (Å²) in [5, 5.41) is 0.445.